The number of esters is 1. The minimum absolute atomic E-state index is 0.0316. The molecule has 5 rings (SSSR count). The number of nitrogens with one attached hydrogen (secondary N) is 2. The summed E-state index contributed by atoms with van der Waals surface area (Å²) in [5.41, 5.74) is -3.28. The van der Waals surface area contributed by atoms with E-state index in [0.717, 1.165) is 5.56 Å². The van der Waals surface area contributed by atoms with E-state index in [1.807, 2.05) is 77.7 Å². The summed E-state index contributed by atoms with van der Waals surface area (Å²) in [6.07, 6.45) is -9.30. The number of hydrogen-bond donors (Lipinski definition) is 4. The number of aliphatic hydroxyl groups excluding tert-OH is 1. The summed E-state index contributed by atoms with van der Waals surface area (Å²) >= 11 is 6.06. The topological polar surface area (TPSA) is 222 Å². The van der Waals surface area contributed by atoms with E-state index in [9.17, 15) is 29.4 Å². The molecular weight excluding hydrogens is 944 g/mol. The second kappa shape index (κ2) is 24.8. The predicted molar refractivity (Wildman–Crippen MR) is 262 cm³/mol. The number of aliphatic hydroxyl groups is 2. The number of ether oxygens (including phenoxy) is 9. The van der Waals surface area contributed by atoms with E-state index in [-0.39, 0.29) is 56.2 Å². The van der Waals surface area contributed by atoms with Crippen LogP contribution < -0.4 is 10.6 Å². The molecule has 4 N–H and O–H groups in total. The lowest BCUT2D eigenvalue weighted by atomic mass is 9.77. The molecule has 2 amide bonds. The van der Waals surface area contributed by atoms with Crippen LogP contribution in [0.25, 0.3) is 0 Å². The number of alkyl carbamates (subject to hydrolysis) is 1. The van der Waals surface area contributed by atoms with Crippen molar-refractivity contribution in [3.8, 4) is 0 Å². The number of rotatable bonds is 14. The first-order valence-electron chi connectivity index (χ1n) is 25.2. The van der Waals surface area contributed by atoms with Crippen molar-refractivity contribution in [1.29, 1.82) is 0 Å². The number of cyclic esters (lactones) is 1. The summed E-state index contributed by atoms with van der Waals surface area (Å²) in [7, 11) is 7.15. The van der Waals surface area contributed by atoms with E-state index < -0.39 is 108 Å². The molecule has 4 fully saturated rings. The fourth-order valence-corrected chi connectivity index (χ4v) is 11.3. The number of fused-ring (bicyclic) bond motifs is 1. The van der Waals surface area contributed by atoms with Gasteiger partial charge >= 0.3 is 18.2 Å². The lowest BCUT2D eigenvalue weighted by molar-refractivity contribution is -0.317. The normalized spacial score (nSPS) is 39.8. The standard InChI is InChI=1S/C51H83ClN4O15/c1-15-37-51(10)43(70-48(61)71-51)32(6)56(13)27-28(2)24-49(8,62)42(68-46-40(58)36(55(11)12)22-29(3)64-46)30(4)41(31(5)45(59)66-37)67-39-25-50(9,63-14)44(33(7)65-39)69-47(60)53-21-17-20-38(57)54-26-34-18-16-19-35(52)23-34/h16,18-19,23,28-33,36-37,39-44,46,58,62H,15,17,20-22,24-27H2,1-14H3,(H,53,60)(H,54,57)/t28-,29-,30+,31-,32-,33+,36+,37-,39+,40-,41+,42-,43-,44+,46+,49+,50-,51-/m1/s1. The van der Waals surface area contributed by atoms with Gasteiger partial charge in [-0.05, 0) is 119 Å². The number of nitrogens with zero attached hydrogens (tertiary/aromatic N) is 2. The molecule has 0 radical (unpaired) electrons. The van der Waals surface area contributed by atoms with Crippen LogP contribution >= 0.6 is 11.6 Å². The molecule has 0 saturated carbocycles. The molecule has 4 saturated heterocycles. The third-order valence-corrected chi connectivity index (χ3v) is 15.3. The Balaban J connectivity index is 1.41. The van der Waals surface area contributed by atoms with Crippen molar-refractivity contribution in [3.63, 3.8) is 0 Å². The van der Waals surface area contributed by atoms with Crippen LogP contribution in [0.4, 0.5) is 9.59 Å². The SMILES string of the molecule is CC[C@H]1OC(=O)[C@H](C)[C@@H](O[C@H]2C[C@@](C)(OC)[C@@H](OC(=O)NCCCC(=O)NCc3cccc(Cl)c3)[C@H](C)O2)[C@H](C)[C@@H](O[C@@H]2O[C@H](C)C[C@H](N(C)C)[C@H]2O)[C@@](C)(O)C[C@@H](C)CN(C)[C@H](C)[C@H]2OC(=O)O[C@@]21C. The van der Waals surface area contributed by atoms with E-state index in [0.29, 0.717) is 31.0 Å². The largest absolute Gasteiger partial charge is 0.509 e. The highest BCUT2D eigenvalue weighted by atomic mass is 35.5. The zero-order valence-electron chi connectivity index (χ0n) is 44.3. The number of methoxy groups -OCH3 is 1. The summed E-state index contributed by atoms with van der Waals surface area (Å²) in [5.74, 6) is -2.92. The smallest absolute Gasteiger partial charge is 0.458 e. The number of amides is 2. The highest BCUT2D eigenvalue weighted by molar-refractivity contribution is 6.30. The van der Waals surface area contributed by atoms with Gasteiger partial charge in [0.25, 0.3) is 0 Å². The molecule has 71 heavy (non-hydrogen) atoms. The molecule has 1 aromatic carbocycles. The van der Waals surface area contributed by atoms with Crippen LogP contribution in [-0.2, 0) is 58.8 Å². The fraction of sp³-hybridized carbons (Fsp3) is 0.804. The Kier molecular flexibility index (Phi) is 20.4. The van der Waals surface area contributed by atoms with Crippen LogP contribution in [0.5, 0.6) is 0 Å². The Morgan fingerprint density at radius 1 is 0.986 bits per heavy atom. The average Bonchev–Trinajstić information content (AvgIpc) is 3.61. The van der Waals surface area contributed by atoms with Gasteiger partial charge in [-0.2, -0.15) is 0 Å². The van der Waals surface area contributed by atoms with Crippen LogP contribution in [0.15, 0.2) is 24.3 Å². The van der Waals surface area contributed by atoms with Crippen LogP contribution in [0.1, 0.15) is 113 Å². The first-order chi connectivity index (χ1) is 33.2. The molecule has 20 heteroatoms. The summed E-state index contributed by atoms with van der Waals surface area (Å²) in [5, 5.41) is 30.7. The first kappa shape index (κ1) is 58.5. The maximum Gasteiger partial charge on any atom is 0.509 e. The molecule has 4 aliphatic heterocycles. The molecule has 19 nitrogen and oxygen atoms in total. The summed E-state index contributed by atoms with van der Waals surface area (Å²) in [4.78, 5) is 57.3. The Morgan fingerprint density at radius 3 is 2.34 bits per heavy atom. The Morgan fingerprint density at radius 2 is 1.69 bits per heavy atom. The van der Waals surface area contributed by atoms with Gasteiger partial charge in [-0.15, -0.1) is 0 Å². The molecule has 18 atom stereocenters. The van der Waals surface area contributed by atoms with Crippen LogP contribution in [0, 0.1) is 17.8 Å². The second-order valence-corrected chi connectivity index (χ2v) is 21.8. The fourth-order valence-electron chi connectivity index (χ4n) is 11.1. The van der Waals surface area contributed by atoms with Crippen molar-refractivity contribution < 1.29 is 72.0 Å². The third-order valence-electron chi connectivity index (χ3n) is 15.1. The molecule has 1 aromatic rings. The van der Waals surface area contributed by atoms with E-state index in [4.69, 9.17) is 54.2 Å². The third kappa shape index (κ3) is 14.5. The maximum absolute atomic E-state index is 14.7. The van der Waals surface area contributed by atoms with Crippen molar-refractivity contribution in [2.24, 2.45) is 17.8 Å². The molecule has 404 valence electrons. The summed E-state index contributed by atoms with van der Waals surface area (Å²) in [6.45, 7) is 19.0. The highest BCUT2D eigenvalue weighted by Crippen LogP contribution is 2.42. The van der Waals surface area contributed by atoms with E-state index in [1.165, 1.54) is 7.11 Å². The molecule has 4 heterocycles. The lowest BCUT2D eigenvalue weighted by Crippen LogP contribution is -2.61. The number of carbonyl (C=O) groups excluding carboxylic acids is 4. The molecule has 0 unspecified atom stereocenters. The van der Waals surface area contributed by atoms with Crippen molar-refractivity contribution in [2.45, 2.75) is 205 Å². The molecule has 0 bridgehead atoms. The van der Waals surface area contributed by atoms with Gasteiger partial charge in [0.15, 0.2) is 30.4 Å². The number of likely N-dealkylation sites (N-methyl/N-ethyl adjacent to an activating group) is 2. The summed E-state index contributed by atoms with van der Waals surface area (Å²) in [6, 6.07) is 6.51. The minimum Gasteiger partial charge on any atom is -0.458 e. The minimum atomic E-state index is -1.62. The zero-order chi connectivity index (χ0) is 52.7. The zero-order valence-corrected chi connectivity index (χ0v) is 45.1. The second-order valence-electron chi connectivity index (χ2n) is 21.4. The van der Waals surface area contributed by atoms with E-state index in [1.54, 1.807) is 46.8 Å². The quantitative estimate of drug-likeness (QED) is 0.102. The van der Waals surface area contributed by atoms with Gasteiger partial charge in [0.1, 0.15) is 17.8 Å². The van der Waals surface area contributed by atoms with Crippen LogP contribution in [0.2, 0.25) is 5.02 Å². The van der Waals surface area contributed by atoms with Gasteiger partial charge in [-0.1, -0.05) is 44.5 Å². The molecule has 0 aliphatic carbocycles. The van der Waals surface area contributed by atoms with Crippen molar-refractivity contribution in [3.05, 3.63) is 34.9 Å². The molecule has 4 aliphatic rings. The van der Waals surface area contributed by atoms with Crippen LogP contribution in [0.3, 0.4) is 0 Å². The Hall–Kier alpha value is -3.37. The first-order valence-corrected chi connectivity index (χ1v) is 25.6. The molecule has 0 spiro atoms. The van der Waals surface area contributed by atoms with Crippen LogP contribution in [-0.4, -0.2) is 176 Å². The van der Waals surface area contributed by atoms with Crippen molar-refractivity contribution in [2.75, 3.05) is 41.3 Å². The maximum atomic E-state index is 14.7. The number of halogens is 1. The van der Waals surface area contributed by atoms with Crippen molar-refractivity contribution in [1.82, 2.24) is 20.4 Å². The summed E-state index contributed by atoms with van der Waals surface area (Å²) < 4.78 is 56.6. The van der Waals surface area contributed by atoms with Gasteiger partial charge in [0.05, 0.1) is 35.9 Å². The van der Waals surface area contributed by atoms with Gasteiger partial charge in [0, 0.05) is 62.6 Å². The van der Waals surface area contributed by atoms with Crippen molar-refractivity contribution >= 4 is 35.7 Å². The average molecular weight is 1030 g/mol. The van der Waals surface area contributed by atoms with Gasteiger partial charge in [-0.25, -0.2) is 9.59 Å². The monoisotopic (exact) mass is 1030 g/mol. The highest BCUT2D eigenvalue weighted by Gasteiger charge is 2.58. The molecule has 0 aromatic heterocycles. The number of carbonyl (C=O) groups is 4. The van der Waals surface area contributed by atoms with E-state index in [2.05, 4.69) is 10.6 Å². The number of hydrogen-bond acceptors (Lipinski definition) is 17. The molecular formula is C51H83ClN4O15. The van der Waals surface area contributed by atoms with Gasteiger partial charge in [-0.3, -0.25) is 14.5 Å². The number of benzene rings is 1. The van der Waals surface area contributed by atoms with Gasteiger partial charge in [0.2, 0.25) is 5.91 Å². The Bertz CT molecular complexity index is 1950. The predicted octanol–water partition coefficient (Wildman–Crippen LogP) is 5.57. The van der Waals surface area contributed by atoms with Gasteiger partial charge < -0.3 is 68.4 Å². The van der Waals surface area contributed by atoms with E-state index >= 15 is 0 Å². The lowest BCUT2D eigenvalue weighted by Gasteiger charge is -2.49. The Labute approximate surface area is 425 Å².